The van der Waals surface area contributed by atoms with Crippen LogP contribution in [0.25, 0.3) is 0 Å². The number of aromatic nitrogens is 2. The number of hydroxylamine groups is 1. The third-order valence-corrected chi connectivity index (χ3v) is 2.94. The Morgan fingerprint density at radius 2 is 2.18 bits per heavy atom. The van der Waals surface area contributed by atoms with Gasteiger partial charge in [-0.1, -0.05) is 0 Å². The molecule has 120 valence electrons. The lowest BCUT2D eigenvalue weighted by Crippen LogP contribution is -2.42. The molecule has 0 saturated heterocycles. The van der Waals surface area contributed by atoms with Gasteiger partial charge in [-0.3, -0.25) is 4.79 Å². The Labute approximate surface area is 133 Å². The SMILES string of the molecule is CC(C)(C)/[N+]([O-])=C/c1ccnc(C(=O)NC(CS)C(=O)O)n1. The van der Waals surface area contributed by atoms with Crippen molar-refractivity contribution in [3.63, 3.8) is 0 Å². The van der Waals surface area contributed by atoms with Crippen molar-refractivity contribution in [3.05, 3.63) is 29.0 Å². The van der Waals surface area contributed by atoms with E-state index in [1.807, 2.05) is 0 Å². The highest BCUT2D eigenvalue weighted by molar-refractivity contribution is 7.80. The van der Waals surface area contributed by atoms with Gasteiger partial charge in [0, 0.05) is 32.7 Å². The number of carbonyl (C=O) groups is 2. The normalized spacial score (nSPS) is 13.5. The highest BCUT2D eigenvalue weighted by Gasteiger charge is 2.21. The number of rotatable bonds is 5. The number of amides is 1. The van der Waals surface area contributed by atoms with Gasteiger partial charge < -0.3 is 15.6 Å². The number of nitrogens with one attached hydrogen (secondary N) is 1. The first kappa shape index (κ1) is 17.9. The van der Waals surface area contributed by atoms with Crippen LogP contribution < -0.4 is 5.32 Å². The Morgan fingerprint density at radius 3 is 2.68 bits per heavy atom. The number of carboxylic acid groups (broad SMARTS) is 1. The van der Waals surface area contributed by atoms with Crippen LogP contribution in [0.1, 0.15) is 37.1 Å². The minimum atomic E-state index is -1.20. The fourth-order valence-electron chi connectivity index (χ4n) is 1.28. The topological polar surface area (TPSA) is 118 Å². The van der Waals surface area contributed by atoms with E-state index in [1.165, 1.54) is 18.5 Å². The number of nitrogens with zero attached hydrogens (tertiary/aromatic N) is 3. The van der Waals surface area contributed by atoms with Crippen molar-refractivity contribution >= 4 is 30.7 Å². The first-order valence-electron chi connectivity index (χ1n) is 6.44. The molecule has 0 aliphatic rings. The Kier molecular flexibility index (Phi) is 5.86. The van der Waals surface area contributed by atoms with Gasteiger partial charge in [0.25, 0.3) is 5.91 Å². The summed E-state index contributed by atoms with van der Waals surface area (Å²) in [7, 11) is 0. The zero-order chi connectivity index (χ0) is 16.9. The van der Waals surface area contributed by atoms with E-state index in [9.17, 15) is 14.8 Å². The molecule has 1 aromatic rings. The maximum atomic E-state index is 11.9. The molecule has 1 unspecified atom stereocenters. The number of aliphatic carboxylic acids is 1. The lowest BCUT2D eigenvalue weighted by molar-refractivity contribution is -0.530. The van der Waals surface area contributed by atoms with Gasteiger partial charge in [0.2, 0.25) is 12.0 Å². The molecular weight excluding hydrogens is 308 g/mol. The molecule has 22 heavy (non-hydrogen) atoms. The zero-order valence-electron chi connectivity index (χ0n) is 12.5. The van der Waals surface area contributed by atoms with Gasteiger partial charge in [0.1, 0.15) is 11.7 Å². The van der Waals surface area contributed by atoms with Gasteiger partial charge in [-0.05, 0) is 6.07 Å². The third-order valence-electron chi connectivity index (χ3n) is 2.58. The Balaban J connectivity index is 2.97. The second kappa shape index (κ2) is 7.21. The minimum absolute atomic E-state index is 0.0642. The summed E-state index contributed by atoms with van der Waals surface area (Å²) in [6, 6.07) is 0.332. The molecule has 0 bridgehead atoms. The van der Waals surface area contributed by atoms with Crippen LogP contribution in [-0.4, -0.2) is 55.2 Å². The predicted octanol–water partition coefficient (Wildman–Crippen LogP) is 0.317. The van der Waals surface area contributed by atoms with Gasteiger partial charge in [-0.2, -0.15) is 12.6 Å². The van der Waals surface area contributed by atoms with Gasteiger partial charge in [-0.25, -0.2) is 19.5 Å². The van der Waals surface area contributed by atoms with Gasteiger partial charge in [-0.15, -0.1) is 0 Å². The molecule has 1 amide bonds. The highest BCUT2D eigenvalue weighted by Crippen LogP contribution is 2.05. The molecule has 9 heteroatoms. The quantitative estimate of drug-likeness (QED) is 0.236. The monoisotopic (exact) mass is 326 g/mol. The van der Waals surface area contributed by atoms with E-state index in [-0.39, 0.29) is 17.3 Å². The lowest BCUT2D eigenvalue weighted by atomic mass is 10.1. The van der Waals surface area contributed by atoms with Gasteiger partial charge >= 0.3 is 5.97 Å². The molecule has 0 aromatic carbocycles. The minimum Gasteiger partial charge on any atom is -0.623 e. The van der Waals surface area contributed by atoms with Crippen molar-refractivity contribution in [1.82, 2.24) is 15.3 Å². The first-order chi connectivity index (χ1) is 10.1. The largest absolute Gasteiger partial charge is 0.623 e. The van der Waals surface area contributed by atoms with Crippen LogP contribution in [0.3, 0.4) is 0 Å². The molecule has 1 atom stereocenters. The molecule has 0 aliphatic heterocycles. The third kappa shape index (κ3) is 4.99. The van der Waals surface area contributed by atoms with E-state index in [1.54, 1.807) is 20.8 Å². The fourth-order valence-corrected chi connectivity index (χ4v) is 1.52. The molecule has 2 N–H and O–H groups in total. The fraction of sp³-hybridized carbons (Fsp3) is 0.462. The lowest BCUT2D eigenvalue weighted by Gasteiger charge is -2.18. The van der Waals surface area contributed by atoms with Crippen LogP contribution in [0.5, 0.6) is 0 Å². The average Bonchev–Trinajstić information content (AvgIpc) is 2.43. The predicted molar refractivity (Wildman–Crippen MR) is 83.3 cm³/mol. The van der Waals surface area contributed by atoms with Crippen molar-refractivity contribution in [2.45, 2.75) is 32.4 Å². The summed E-state index contributed by atoms with van der Waals surface area (Å²) in [5, 5.41) is 23.0. The van der Waals surface area contributed by atoms with Gasteiger partial charge in [0.05, 0.1) is 0 Å². The van der Waals surface area contributed by atoms with Gasteiger partial charge in [0.15, 0.2) is 5.54 Å². The number of carboxylic acids is 1. The summed E-state index contributed by atoms with van der Waals surface area (Å²) in [6.45, 7) is 5.19. The van der Waals surface area contributed by atoms with Crippen molar-refractivity contribution in [3.8, 4) is 0 Å². The molecule has 1 aromatic heterocycles. The van der Waals surface area contributed by atoms with Crippen molar-refractivity contribution < 1.29 is 19.4 Å². The summed E-state index contributed by atoms with van der Waals surface area (Å²) in [5.74, 6) is -2.23. The van der Waals surface area contributed by atoms with E-state index < -0.39 is 23.5 Å². The van der Waals surface area contributed by atoms with E-state index >= 15 is 0 Å². The van der Waals surface area contributed by atoms with Crippen molar-refractivity contribution in [1.29, 1.82) is 0 Å². The van der Waals surface area contributed by atoms with Crippen LogP contribution in [0.15, 0.2) is 12.3 Å². The average molecular weight is 326 g/mol. The van der Waals surface area contributed by atoms with Crippen LogP contribution in [0, 0.1) is 5.21 Å². The standard InChI is InChI=1S/C13H18N4O4S/c1-13(2,3)17(21)6-8-4-5-14-10(15-8)11(18)16-9(7-22)12(19)20/h4-6,9,22H,7H2,1-3H3,(H,16,18)(H,19,20)/b17-6-. The highest BCUT2D eigenvalue weighted by atomic mass is 32.1. The molecule has 0 spiro atoms. The second-order valence-corrected chi connectivity index (χ2v) is 5.84. The smallest absolute Gasteiger partial charge is 0.327 e. The molecule has 8 nitrogen and oxygen atoms in total. The molecule has 1 heterocycles. The molecule has 0 aliphatic carbocycles. The maximum Gasteiger partial charge on any atom is 0.327 e. The van der Waals surface area contributed by atoms with E-state index in [0.717, 1.165) is 0 Å². The van der Waals surface area contributed by atoms with Crippen LogP contribution in [-0.2, 0) is 4.79 Å². The number of hydrogen-bond acceptors (Lipinski definition) is 6. The number of thiol groups is 1. The molecule has 0 fully saturated rings. The maximum absolute atomic E-state index is 11.9. The zero-order valence-corrected chi connectivity index (χ0v) is 13.4. The molecule has 0 saturated carbocycles. The van der Waals surface area contributed by atoms with Crippen LogP contribution in [0.2, 0.25) is 0 Å². The van der Waals surface area contributed by atoms with Crippen LogP contribution in [0.4, 0.5) is 0 Å². The Hall–Kier alpha value is -2.16. The van der Waals surface area contributed by atoms with E-state index in [2.05, 4.69) is 27.9 Å². The van der Waals surface area contributed by atoms with Crippen molar-refractivity contribution in [2.24, 2.45) is 0 Å². The summed E-state index contributed by atoms with van der Waals surface area (Å²) in [4.78, 5) is 30.5. The molecule has 1 rings (SSSR count). The van der Waals surface area contributed by atoms with E-state index in [0.29, 0.717) is 4.74 Å². The summed E-state index contributed by atoms with van der Waals surface area (Å²) < 4.78 is 0.713. The second-order valence-electron chi connectivity index (χ2n) is 5.48. The summed E-state index contributed by atoms with van der Waals surface area (Å²) in [6.07, 6.45) is 2.56. The molecular formula is C13H18N4O4S. The number of carbonyl (C=O) groups excluding carboxylic acids is 1. The van der Waals surface area contributed by atoms with Crippen LogP contribution >= 0.6 is 12.6 Å². The Bertz CT molecular complexity index is 598. The Morgan fingerprint density at radius 1 is 1.55 bits per heavy atom. The number of hydrogen-bond donors (Lipinski definition) is 3. The summed E-state index contributed by atoms with van der Waals surface area (Å²) >= 11 is 3.85. The molecule has 0 radical (unpaired) electrons. The summed E-state index contributed by atoms with van der Waals surface area (Å²) in [5.41, 5.74) is -0.392. The van der Waals surface area contributed by atoms with E-state index in [4.69, 9.17) is 5.11 Å². The van der Waals surface area contributed by atoms with Crippen molar-refractivity contribution in [2.75, 3.05) is 5.75 Å². The first-order valence-corrected chi connectivity index (χ1v) is 7.07.